The van der Waals surface area contributed by atoms with Crippen molar-refractivity contribution in [1.82, 2.24) is 14.8 Å². The zero-order chi connectivity index (χ0) is 15.4. The first-order valence-electron chi connectivity index (χ1n) is 7.47. The number of thiocarbonyl (C=S) groups is 1. The molecule has 22 heavy (non-hydrogen) atoms. The van der Waals surface area contributed by atoms with Gasteiger partial charge in [-0.3, -0.25) is 9.69 Å². The maximum Gasteiger partial charge on any atom is 0.252 e. The Bertz CT molecular complexity index is 809. The van der Waals surface area contributed by atoms with Gasteiger partial charge >= 0.3 is 0 Å². The molecule has 2 aromatic rings. The summed E-state index contributed by atoms with van der Waals surface area (Å²) in [7, 11) is 0. The summed E-state index contributed by atoms with van der Waals surface area (Å²) in [5.74, 6) is 0.0904. The van der Waals surface area contributed by atoms with E-state index in [4.69, 9.17) is 12.2 Å². The van der Waals surface area contributed by atoms with E-state index in [1.54, 1.807) is 11.0 Å². The lowest BCUT2D eigenvalue weighted by Crippen LogP contribution is -2.42. The number of nitrogens with one attached hydrogen (secondary N) is 1. The zero-order valence-electron chi connectivity index (χ0n) is 12.4. The van der Waals surface area contributed by atoms with Crippen LogP contribution in [0.4, 0.5) is 0 Å². The maximum atomic E-state index is 12.7. The topological polar surface area (TPSA) is 39.3 Å². The van der Waals surface area contributed by atoms with Gasteiger partial charge in [-0.15, -0.1) is 6.58 Å². The minimum Gasteiger partial charge on any atom is -0.356 e. The molecule has 4 rings (SSSR count). The van der Waals surface area contributed by atoms with Gasteiger partial charge in [0.2, 0.25) is 0 Å². The van der Waals surface area contributed by atoms with Crippen LogP contribution in [0, 0.1) is 0 Å². The second-order valence-electron chi connectivity index (χ2n) is 5.89. The number of fused-ring (bicyclic) bond motifs is 4. The predicted octanol–water partition coefficient (Wildman–Crippen LogP) is 2.77. The predicted molar refractivity (Wildman–Crippen MR) is 90.6 cm³/mol. The van der Waals surface area contributed by atoms with E-state index in [1.807, 2.05) is 12.1 Å². The Morgan fingerprint density at radius 3 is 3.00 bits per heavy atom. The van der Waals surface area contributed by atoms with Gasteiger partial charge in [0.15, 0.2) is 5.11 Å². The molecular weight excluding hydrogens is 294 g/mol. The van der Waals surface area contributed by atoms with Crippen molar-refractivity contribution in [3.63, 3.8) is 0 Å². The molecule has 0 aliphatic carbocycles. The molecule has 1 amide bonds. The second kappa shape index (κ2) is 4.68. The molecule has 3 heterocycles. The van der Waals surface area contributed by atoms with Crippen molar-refractivity contribution in [2.45, 2.75) is 25.4 Å². The third-order valence-corrected chi connectivity index (χ3v) is 5.16. The standard InChI is InChI=1S/C17H17N3OS/c1-3-8-19-16(21)14-9-12-11-6-4-5-7-13(11)18-15(12)10(2)20(14)17(19)22/h3-7,10,14,18H,1,8-9H2,2H3/t10-,14+/m1/s1. The number of carbonyl (C=O) groups is 1. The summed E-state index contributed by atoms with van der Waals surface area (Å²) in [5.41, 5.74) is 3.55. The molecule has 0 saturated carbocycles. The zero-order valence-corrected chi connectivity index (χ0v) is 13.2. The fourth-order valence-corrected chi connectivity index (χ4v) is 4.16. The van der Waals surface area contributed by atoms with Crippen molar-refractivity contribution in [2.75, 3.05) is 6.54 Å². The van der Waals surface area contributed by atoms with Crippen LogP contribution in [0.25, 0.3) is 10.9 Å². The SMILES string of the molecule is C=CCN1C(=O)[C@@H]2Cc3c([nH]c4ccccc34)[C@@H](C)N2C1=S. The Morgan fingerprint density at radius 1 is 1.45 bits per heavy atom. The molecule has 2 aliphatic heterocycles. The molecule has 0 spiro atoms. The fourth-order valence-electron chi connectivity index (χ4n) is 3.71. The first-order valence-corrected chi connectivity index (χ1v) is 7.88. The van der Waals surface area contributed by atoms with Crippen LogP contribution in [0.15, 0.2) is 36.9 Å². The molecule has 1 saturated heterocycles. The van der Waals surface area contributed by atoms with Crippen LogP contribution in [0.3, 0.4) is 0 Å². The maximum absolute atomic E-state index is 12.7. The average Bonchev–Trinajstić information content (AvgIpc) is 3.00. The minimum atomic E-state index is -0.186. The Kier molecular flexibility index (Phi) is 2.87. The number of H-pyrrole nitrogens is 1. The third kappa shape index (κ3) is 1.63. The van der Waals surface area contributed by atoms with Crippen molar-refractivity contribution in [2.24, 2.45) is 0 Å². The molecule has 1 N–H and O–H groups in total. The molecule has 2 aliphatic rings. The van der Waals surface area contributed by atoms with Gasteiger partial charge in [0, 0.05) is 29.6 Å². The number of hydrogen-bond acceptors (Lipinski definition) is 2. The van der Waals surface area contributed by atoms with Gasteiger partial charge in [-0.1, -0.05) is 24.3 Å². The molecule has 2 atom stereocenters. The summed E-state index contributed by atoms with van der Waals surface area (Å²) in [6.45, 7) is 6.31. The first kappa shape index (κ1) is 13.5. The smallest absolute Gasteiger partial charge is 0.252 e. The van der Waals surface area contributed by atoms with Crippen LogP contribution in [-0.4, -0.2) is 38.4 Å². The molecule has 112 valence electrons. The number of hydrogen-bond donors (Lipinski definition) is 1. The van der Waals surface area contributed by atoms with Crippen molar-refractivity contribution in [1.29, 1.82) is 0 Å². The lowest BCUT2D eigenvalue weighted by molar-refractivity contribution is -0.128. The summed E-state index contributed by atoms with van der Waals surface area (Å²) in [6.07, 6.45) is 2.43. The number of benzene rings is 1. The van der Waals surface area contributed by atoms with E-state index in [1.165, 1.54) is 16.6 Å². The summed E-state index contributed by atoms with van der Waals surface area (Å²) >= 11 is 5.54. The lowest BCUT2D eigenvalue weighted by Gasteiger charge is -2.34. The van der Waals surface area contributed by atoms with E-state index in [0.717, 1.165) is 5.52 Å². The van der Waals surface area contributed by atoms with Gasteiger partial charge in [-0.25, -0.2) is 0 Å². The number of rotatable bonds is 2. The molecule has 5 heteroatoms. The van der Waals surface area contributed by atoms with Crippen molar-refractivity contribution < 1.29 is 4.79 Å². The molecule has 0 bridgehead atoms. The monoisotopic (exact) mass is 311 g/mol. The van der Waals surface area contributed by atoms with E-state index in [2.05, 4.69) is 35.5 Å². The van der Waals surface area contributed by atoms with Gasteiger partial charge in [-0.2, -0.15) is 0 Å². The number of amides is 1. The number of aromatic nitrogens is 1. The van der Waals surface area contributed by atoms with E-state index >= 15 is 0 Å². The largest absolute Gasteiger partial charge is 0.356 e. The Hall–Kier alpha value is -2.14. The van der Waals surface area contributed by atoms with E-state index < -0.39 is 0 Å². The summed E-state index contributed by atoms with van der Waals surface area (Å²) in [5, 5.41) is 1.83. The van der Waals surface area contributed by atoms with Gasteiger partial charge in [0.05, 0.1) is 6.04 Å². The van der Waals surface area contributed by atoms with Crippen LogP contribution < -0.4 is 0 Å². The average molecular weight is 311 g/mol. The lowest BCUT2D eigenvalue weighted by atomic mass is 9.93. The molecular formula is C17H17N3OS. The van der Waals surface area contributed by atoms with E-state index in [9.17, 15) is 4.79 Å². The number of nitrogens with zero attached hydrogens (tertiary/aromatic N) is 2. The second-order valence-corrected chi connectivity index (χ2v) is 6.25. The first-order chi connectivity index (χ1) is 10.6. The van der Waals surface area contributed by atoms with Crippen LogP contribution in [-0.2, 0) is 11.2 Å². The third-order valence-electron chi connectivity index (χ3n) is 4.73. The molecule has 1 aromatic carbocycles. The highest BCUT2D eigenvalue weighted by atomic mass is 32.1. The molecule has 4 nitrogen and oxygen atoms in total. The van der Waals surface area contributed by atoms with Gasteiger partial charge in [-0.05, 0) is 30.8 Å². The molecule has 1 aromatic heterocycles. The van der Waals surface area contributed by atoms with Crippen molar-refractivity contribution >= 4 is 34.1 Å². The highest BCUT2D eigenvalue weighted by Gasteiger charge is 2.48. The van der Waals surface area contributed by atoms with Crippen LogP contribution >= 0.6 is 12.2 Å². The van der Waals surface area contributed by atoms with E-state index in [0.29, 0.717) is 18.1 Å². The van der Waals surface area contributed by atoms with Crippen molar-refractivity contribution in [3.8, 4) is 0 Å². The summed E-state index contributed by atoms with van der Waals surface area (Å²) in [6, 6.07) is 8.15. The quantitative estimate of drug-likeness (QED) is 0.685. The number of para-hydroxylation sites is 1. The Morgan fingerprint density at radius 2 is 2.23 bits per heavy atom. The molecule has 0 unspecified atom stereocenters. The van der Waals surface area contributed by atoms with Crippen LogP contribution in [0.5, 0.6) is 0 Å². The minimum absolute atomic E-state index is 0.0763. The summed E-state index contributed by atoms with van der Waals surface area (Å²) < 4.78 is 0. The van der Waals surface area contributed by atoms with Gasteiger partial charge < -0.3 is 9.88 Å². The van der Waals surface area contributed by atoms with Gasteiger partial charge in [0.1, 0.15) is 6.04 Å². The van der Waals surface area contributed by atoms with Crippen LogP contribution in [0.2, 0.25) is 0 Å². The number of carbonyl (C=O) groups excluding carboxylic acids is 1. The highest BCUT2D eigenvalue weighted by molar-refractivity contribution is 7.80. The fraction of sp³-hybridized carbons (Fsp3) is 0.294. The molecule has 1 fully saturated rings. The van der Waals surface area contributed by atoms with E-state index in [-0.39, 0.29) is 18.0 Å². The molecule has 0 radical (unpaired) electrons. The summed E-state index contributed by atoms with van der Waals surface area (Å²) in [4.78, 5) is 19.9. The normalized spacial score (nSPS) is 23.9. The van der Waals surface area contributed by atoms with Gasteiger partial charge in [0.25, 0.3) is 5.91 Å². The number of aromatic amines is 1. The Labute approximate surface area is 134 Å². The van der Waals surface area contributed by atoms with Crippen LogP contribution in [0.1, 0.15) is 24.2 Å². The Balaban J connectivity index is 1.83. The van der Waals surface area contributed by atoms with Crippen molar-refractivity contribution in [3.05, 3.63) is 48.2 Å². The highest BCUT2D eigenvalue weighted by Crippen LogP contribution is 2.40.